The lowest BCUT2D eigenvalue weighted by atomic mass is 10.2. The van der Waals surface area contributed by atoms with E-state index < -0.39 is 9.84 Å². The fraction of sp³-hybridized carbons (Fsp3) is 0.462. The molecule has 0 aromatic heterocycles. The van der Waals surface area contributed by atoms with Crippen molar-refractivity contribution in [2.75, 3.05) is 25.9 Å². The largest absolute Gasteiger partial charge is 0.304 e. The van der Waals surface area contributed by atoms with Crippen molar-refractivity contribution in [2.24, 2.45) is 5.92 Å². The van der Waals surface area contributed by atoms with Gasteiger partial charge in [-0.3, -0.25) is 0 Å². The third-order valence-corrected chi connectivity index (χ3v) is 4.96. The van der Waals surface area contributed by atoms with Crippen LogP contribution in [0.3, 0.4) is 0 Å². The maximum absolute atomic E-state index is 12.1. The van der Waals surface area contributed by atoms with Crippen LogP contribution in [0.1, 0.15) is 6.92 Å². The van der Waals surface area contributed by atoms with Crippen molar-refractivity contribution in [2.45, 2.75) is 11.8 Å². The first kappa shape index (κ1) is 16.2. The second-order valence-corrected chi connectivity index (χ2v) is 7.59. The van der Waals surface area contributed by atoms with Gasteiger partial charge in [-0.15, -0.1) is 0 Å². The van der Waals surface area contributed by atoms with Crippen molar-refractivity contribution in [3.8, 4) is 6.07 Å². The van der Waals surface area contributed by atoms with Gasteiger partial charge in [-0.25, -0.2) is 8.42 Å². The molecule has 4 nitrogen and oxygen atoms in total. The Morgan fingerprint density at radius 3 is 2.47 bits per heavy atom. The Hall–Kier alpha value is -0.900. The highest BCUT2D eigenvalue weighted by molar-refractivity contribution is 9.10. The summed E-state index contributed by atoms with van der Waals surface area (Å²) in [5.74, 6) is -0.0381. The monoisotopic (exact) mass is 344 g/mol. The smallest absolute Gasteiger partial charge is 0.179 e. The SMILES string of the molecule is CC(C#N)CN(C)CCS(=O)(=O)c1ccc(Br)cc1. The van der Waals surface area contributed by atoms with Crippen LogP contribution in [-0.4, -0.2) is 39.2 Å². The van der Waals surface area contributed by atoms with Crippen LogP contribution in [-0.2, 0) is 9.84 Å². The van der Waals surface area contributed by atoms with E-state index >= 15 is 0 Å². The van der Waals surface area contributed by atoms with Crippen LogP contribution in [0.4, 0.5) is 0 Å². The second-order valence-electron chi connectivity index (χ2n) is 4.57. The van der Waals surface area contributed by atoms with Gasteiger partial charge in [-0.1, -0.05) is 15.9 Å². The third-order valence-electron chi connectivity index (χ3n) is 2.72. The van der Waals surface area contributed by atoms with E-state index in [1.807, 2.05) is 18.9 Å². The number of hydrogen-bond acceptors (Lipinski definition) is 4. The van der Waals surface area contributed by atoms with E-state index in [0.717, 1.165) is 4.47 Å². The standard InChI is InChI=1S/C13H17BrN2O2S/c1-11(9-15)10-16(2)7-8-19(17,18)13-5-3-12(14)4-6-13/h3-6,11H,7-8,10H2,1-2H3. The number of nitrogens with zero attached hydrogens (tertiary/aromatic N) is 2. The second kappa shape index (κ2) is 7.04. The summed E-state index contributed by atoms with van der Waals surface area (Å²) in [6.45, 7) is 2.82. The van der Waals surface area contributed by atoms with Crippen LogP contribution in [0.15, 0.2) is 33.6 Å². The fourth-order valence-electron chi connectivity index (χ4n) is 1.64. The van der Waals surface area contributed by atoms with Crippen molar-refractivity contribution < 1.29 is 8.42 Å². The van der Waals surface area contributed by atoms with Crippen LogP contribution in [0.2, 0.25) is 0 Å². The molecule has 0 aliphatic rings. The van der Waals surface area contributed by atoms with E-state index in [2.05, 4.69) is 22.0 Å². The molecule has 1 atom stereocenters. The Bertz CT molecular complexity index is 549. The number of rotatable bonds is 6. The Balaban J connectivity index is 2.61. The number of benzene rings is 1. The zero-order valence-corrected chi connectivity index (χ0v) is 13.4. The molecular formula is C13H17BrN2O2S. The van der Waals surface area contributed by atoms with Gasteiger partial charge in [0, 0.05) is 17.6 Å². The minimum Gasteiger partial charge on any atom is -0.304 e. The zero-order valence-electron chi connectivity index (χ0n) is 11.0. The summed E-state index contributed by atoms with van der Waals surface area (Å²) in [5.41, 5.74) is 0. The molecule has 0 bridgehead atoms. The number of hydrogen-bond donors (Lipinski definition) is 0. The molecular weight excluding hydrogens is 328 g/mol. The normalized spacial score (nSPS) is 13.2. The molecule has 0 amide bonds. The van der Waals surface area contributed by atoms with Gasteiger partial charge in [0.15, 0.2) is 9.84 Å². The Labute approximate surface area is 123 Å². The van der Waals surface area contributed by atoms with E-state index in [1.54, 1.807) is 24.3 Å². The van der Waals surface area contributed by atoms with Crippen LogP contribution in [0, 0.1) is 17.2 Å². The molecule has 0 heterocycles. The fourth-order valence-corrected chi connectivity index (χ4v) is 3.24. The molecule has 0 saturated heterocycles. The zero-order chi connectivity index (χ0) is 14.5. The van der Waals surface area contributed by atoms with Gasteiger partial charge in [-0.2, -0.15) is 5.26 Å². The average molecular weight is 345 g/mol. The maximum atomic E-state index is 12.1. The van der Waals surface area contributed by atoms with Gasteiger partial charge in [0.25, 0.3) is 0 Å². The molecule has 6 heteroatoms. The molecule has 0 fully saturated rings. The topological polar surface area (TPSA) is 61.2 Å². The van der Waals surface area contributed by atoms with Crippen LogP contribution >= 0.6 is 15.9 Å². The summed E-state index contributed by atoms with van der Waals surface area (Å²) in [6, 6.07) is 8.76. The summed E-state index contributed by atoms with van der Waals surface area (Å²) >= 11 is 3.28. The van der Waals surface area contributed by atoms with E-state index in [4.69, 9.17) is 5.26 Å². The van der Waals surface area contributed by atoms with Crippen LogP contribution < -0.4 is 0 Å². The van der Waals surface area contributed by atoms with Gasteiger partial charge in [-0.05, 0) is 38.2 Å². The predicted octanol–water partition coefficient (Wildman–Crippen LogP) is 2.31. The molecule has 0 spiro atoms. The van der Waals surface area contributed by atoms with Gasteiger partial charge in [0.1, 0.15) is 0 Å². The van der Waals surface area contributed by atoms with Crippen molar-refractivity contribution in [3.05, 3.63) is 28.7 Å². The molecule has 0 aliphatic heterocycles. The van der Waals surface area contributed by atoms with Crippen LogP contribution in [0.5, 0.6) is 0 Å². The van der Waals surface area contributed by atoms with Gasteiger partial charge in [0.2, 0.25) is 0 Å². The highest BCUT2D eigenvalue weighted by Gasteiger charge is 2.15. The Morgan fingerprint density at radius 1 is 1.37 bits per heavy atom. The molecule has 1 aromatic rings. The predicted molar refractivity (Wildman–Crippen MR) is 78.5 cm³/mol. The molecule has 19 heavy (non-hydrogen) atoms. The summed E-state index contributed by atoms with van der Waals surface area (Å²) in [5, 5.41) is 8.72. The maximum Gasteiger partial charge on any atom is 0.179 e. The molecule has 0 saturated carbocycles. The Morgan fingerprint density at radius 2 is 1.95 bits per heavy atom. The van der Waals surface area contributed by atoms with E-state index in [0.29, 0.717) is 18.0 Å². The van der Waals surface area contributed by atoms with Crippen molar-refractivity contribution in [3.63, 3.8) is 0 Å². The molecule has 0 radical (unpaired) electrons. The van der Waals surface area contributed by atoms with E-state index in [9.17, 15) is 8.42 Å². The summed E-state index contributed by atoms with van der Waals surface area (Å²) < 4.78 is 25.0. The minimum absolute atomic E-state index is 0.0588. The lowest BCUT2D eigenvalue weighted by Crippen LogP contribution is -2.29. The number of sulfone groups is 1. The molecule has 1 aromatic carbocycles. The van der Waals surface area contributed by atoms with Crippen molar-refractivity contribution in [1.82, 2.24) is 4.90 Å². The lowest BCUT2D eigenvalue weighted by molar-refractivity contribution is 0.327. The number of halogens is 1. The Kier molecular flexibility index (Phi) is 5.98. The summed E-state index contributed by atoms with van der Waals surface area (Å²) in [7, 11) is -1.44. The first-order valence-corrected chi connectivity index (χ1v) is 8.36. The van der Waals surface area contributed by atoms with Crippen molar-refractivity contribution in [1.29, 1.82) is 5.26 Å². The summed E-state index contributed by atoms with van der Waals surface area (Å²) in [4.78, 5) is 2.20. The quantitative estimate of drug-likeness (QED) is 0.794. The lowest BCUT2D eigenvalue weighted by Gasteiger charge is -2.17. The minimum atomic E-state index is -3.26. The molecule has 0 N–H and O–H groups in total. The molecule has 104 valence electrons. The number of nitriles is 1. The van der Waals surface area contributed by atoms with Crippen molar-refractivity contribution >= 4 is 25.8 Å². The highest BCUT2D eigenvalue weighted by atomic mass is 79.9. The first-order valence-electron chi connectivity index (χ1n) is 5.91. The van der Waals surface area contributed by atoms with E-state index in [1.165, 1.54) is 0 Å². The highest BCUT2D eigenvalue weighted by Crippen LogP contribution is 2.16. The molecule has 0 aliphatic carbocycles. The first-order chi connectivity index (χ1) is 8.85. The third kappa shape index (κ3) is 5.31. The summed E-state index contributed by atoms with van der Waals surface area (Å²) in [6.07, 6.45) is 0. The van der Waals surface area contributed by atoms with Gasteiger partial charge < -0.3 is 4.90 Å². The molecule has 1 unspecified atom stereocenters. The van der Waals surface area contributed by atoms with Gasteiger partial charge in [0.05, 0.1) is 22.6 Å². The van der Waals surface area contributed by atoms with Gasteiger partial charge >= 0.3 is 0 Å². The van der Waals surface area contributed by atoms with E-state index in [-0.39, 0.29) is 11.7 Å². The van der Waals surface area contributed by atoms with Crippen LogP contribution in [0.25, 0.3) is 0 Å². The molecule has 1 rings (SSSR count). The average Bonchev–Trinajstić information content (AvgIpc) is 2.37.